The average molecular weight is 523 g/mol. The number of rotatable bonds is 9. The number of aliphatic hydroxyl groups is 8. The lowest BCUT2D eigenvalue weighted by Gasteiger charge is -2.43. The fourth-order valence-corrected chi connectivity index (χ4v) is 3.41. The maximum Gasteiger partial charge on any atom is 0.335 e. The van der Waals surface area contributed by atoms with Gasteiger partial charge in [0, 0.05) is 16.3 Å². The molecule has 3 aromatic rings. The molecule has 0 unspecified atom stereocenters. The molecule has 0 radical (unpaired) electrons. The molecular formula is C23H23ClN2O10. The smallest absolute Gasteiger partial charge is 0.335 e. The van der Waals surface area contributed by atoms with Crippen molar-refractivity contribution in [1.29, 1.82) is 0 Å². The highest BCUT2D eigenvalue weighted by atomic mass is 35.5. The van der Waals surface area contributed by atoms with Gasteiger partial charge in [-0.1, -0.05) is 48.0 Å². The minimum absolute atomic E-state index is 0.00289. The van der Waals surface area contributed by atoms with Crippen LogP contribution in [0.2, 0.25) is 5.02 Å². The SMILES string of the molecule is O=C(O)c1cccc(-c2cccc(NC(O)(O)C(O)(O)NC(O)(O)C(O)(O)c3cccc(Cl)c3)c2)c1. The van der Waals surface area contributed by atoms with E-state index in [1.165, 1.54) is 53.8 Å². The van der Waals surface area contributed by atoms with Gasteiger partial charge in [-0.3, -0.25) is 0 Å². The van der Waals surface area contributed by atoms with Crippen molar-refractivity contribution < 1.29 is 50.8 Å². The van der Waals surface area contributed by atoms with E-state index in [9.17, 15) is 45.6 Å². The van der Waals surface area contributed by atoms with Gasteiger partial charge in [-0.15, -0.1) is 0 Å². The van der Waals surface area contributed by atoms with Crippen LogP contribution in [0.5, 0.6) is 0 Å². The Morgan fingerprint density at radius 1 is 0.694 bits per heavy atom. The third-order valence-electron chi connectivity index (χ3n) is 5.17. The number of aromatic carboxylic acids is 1. The van der Waals surface area contributed by atoms with Crippen molar-refractivity contribution in [1.82, 2.24) is 5.32 Å². The number of benzene rings is 3. The van der Waals surface area contributed by atoms with Crippen molar-refractivity contribution >= 4 is 23.3 Å². The molecule has 0 aliphatic heterocycles. The van der Waals surface area contributed by atoms with Crippen LogP contribution in [0, 0.1) is 0 Å². The molecule has 12 nitrogen and oxygen atoms in total. The van der Waals surface area contributed by atoms with Crippen LogP contribution >= 0.6 is 11.6 Å². The second-order valence-electron chi connectivity index (χ2n) is 7.92. The van der Waals surface area contributed by atoms with Crippen LogP contribution in [0.4, 0.5) is 5.69 Å². The van der Waals surface area contributed by atoms with Gasteiger partial charge in [-0.25, -0.2) is 10.1 Å². The fourth-order valence-electron chi connectivity index (χ4n) is 3.22. The molecule has 0 fully saturated rings. The first-order valence-electron chi connectivity index (χ1n) is 10.1. The van der Waals surface area contributed by atoms with Gasteiger partial charge in [0.2, 0.25) is 0 Å². The zero-order valence-electron chi connectivity index (χ0n) is 18.2. The third kappa shape index (κ3) is 5.64. The number of hydrogen-bond acceptors (Lipinski definition) is 11. The number of halogens is 1. The number of carboxylic acids is 1. The molecule has 0 atom stereocenters. The topological polar surface area (TPSA) is 223 Å². The zero-order chi connectivity index (χ0) is 26.9. The molecule has 11 N–H and O–H groups in total. The molecule has 0 aliphatic rings. The molecule has 3 aromatic carbocycles. The van der Waals surface area contributed by atoms with Gasteiger partial charge >= 0.3 is 17.8 Å². The average Bonchev–Trinajstić information content (AvgIpc) is 2.78. The highest BCUT2D eigenvalue weighted by Crippen LogP contribution is 2.32. The summed E-state index contributed by atoms with van der Waals surface area (Å²) in [7, 11) is 0. The van der Waals surface area contributed by atoms with Crippen LogP contribution in [0.3, 0.4) is 0 Å². The second kappa shape index (κ2) is 9.72. The molecule has 192 valence electrons. The van der Waals surface area contributed by atoms with E-state index in [2.05, 4.69) is 0 Å². The number of anilines is 1. The van der Waals surface area contributed by atoms with Gasteiger partial charge in [0.1, 0.15) is 0 Å². The molecule has 0 aliphatic carbocycles. The third-order valence-corrected chi connectivity index (χ3v) is 5.41. The van der Waals surface area contributed by atoms with Crippen molar-refractivity contribution in [3.63, 3.8) is 0 Å². The molecule has 0 heterocycles. The number of carbonyl (C=O) groups is 1. The van der Waals surface area contributed by atoms with E-state index in [4.69, 9.17) is 16.7 Å². The predicted octanol–water partition coefficient (Wildman–Crippen LogP) is -0.540. The molecule has 13 heteroatoms. The van der Waals surface area contributed by atoms with Crippen molar-refractivity contribution in [3.8, 4) is 11.1 Å². The van der Waals surface area contributed by atoms with Gasteiger partial charge < -0.3 is 51.3 Å². The predicted molar refractivity (Wildman–Crippen MR) is 125 cm³/mol. The van der Waals surface area contributed by atoms with E-state index in [1.807, 2.05) is 5.32 Å². The van der Waals surface area contributed by atoms with Gasteiger partial charge in [0.25, 0.3) is 11.7 Å². The first kappa shape index (κ1) is 27.4. The summed E-state index contributed by atoms with van der Waals surface area (Å²) in [5.41, 5.74) is 0.112. The van der Waals surface area contributed by atoms with Gasteiger partial charge in [-0.2, -0.15) is 0 Å². The lowest BCUT2D eigenvalue weighted by molar-refractivity contribution is -0.440. The van der Waals surface area contributed by atoms with Crippen LogP contribution < -0.4 is 10.6 Å². The molecule has 0 spiro atoms. The maximum absolute atomic E-state index is 11.2. The maximum atomic E-state index is 11.2. The normalized spacial score (nSPS) is 12.9. The molecule has 0 saturated heterocycles. The molecule has 0 amide bonds. The summed E-state index contributed by atoms with van der Waals surface area (Å²) in [5.74, 6) is -16.6. The summed E-state index contributed by atoms with van der Waals surface area (Å²) < 4.78 is 0. The van der Waals surface area contributed by atoms with Gasteiger partial charge in [0.05, 0.1) is 5.56 Å². The Kier molecular flexibility index (Phi) is 7.41. The highest BCUT2D eigenvalue weighted by molar-refractivity contribution is 6.30. The van der Waals surface area contributed by atoms with Crippen molar-refractivity contribution in [2.75, 3.05) is 5.32 Å². The van der Waals surface area contributed by atoms with Gasteiger partial charge in [-0.05, 0) is 47.5 Å². The Bertz CT molecular complexity index is 1260. The van der Waals surface area contributed by atoms with E-state index in [-0.39, 0.29) is 16.3 Å². The molecule has 0 saturated carbocycles. The molecular weight excluding hydrogens is 500 g/mol. The van der Waals surface area contributed by atoms with E-state index in [0.717, 1.165) is 12.1 Å². The Hall–Kier alpha value is -3.14. The molecule has 3 rings (SSSR count). The minimum atomic E-state index is -4.02. The Morgan fingerprint density at radius 3 is 1.89 bits per heavy atom. The number of hydrogen-bond donors (Lipinski definition) is 11. The Balaban J connectivity index is 1.85. The zero-order valence-corrected chi connectivity index (χ0v) is 19.0. The monoisotopic (exact) mass is 522 g/mol. The lowest BCUT2D eigenvalue weighted by Crippen LogP contribution is -2.76. The van der Waals surface area contributed by atoms with Crippen LogP contribution in [-0.4, -0.2) is 69.7 Å². The van der Waals surface area contributed by atoms with Crippen molar-refractivity contribution in [3.05, 3.63) is 88.9 Å². The highest BCUT2D eigenvalue weighted by Gasteiger charge is 2.59. The van der Waals surface area contributed by atoms with E-state index in [1.54, 1.807) is 12.1 Å². The van der Waals surface area contributed by atoms with Crippen LogP contribution in [0.25, 0.3) is 11.1 Å². The summed E-state index contributed by atoms with van der Waals surface area (Å²) in [5, 5.41) is 94.3. The lowest BCUT2D eigenvalue weighted by atomic mass is 10.0. The molecule has 0 aromatic heterocycles. The quantitative estimate of drug-likeness (QED) is 0.159. The summed E-state index contributed by atoms with van der Waals surface area (Å²) in [6.45, 7) is 0. The minimum Gasteiger partial charge on any atom is -0.478 e. The van der Waals surface area contributed by atoms with E-state index in [0.29, 0.717) is 11.1 Å². The van der Waals surface area contributed by atoms with Crippen LogP contribution in [0.15, 0.2) is 72.8 Å². The molecule has 36 heavy (non-hydrogen) atoms. The van der Waals surface area contributed by atoms with E-state index < -0.39 is 35.1 Å². The van der Waals surface area contributed by atoms with Crippen molar-refractivity contribution in [2.24, 2.45) is 0 Å². The standard InChI is InChI=1S/C23H23ClN2O10/c24-17-8-3-7-16(12-17)20(29,30)21(31,32)26-23(35,36)22(33,34)25-18-9-2-5-14(11-18)13-4-1-6-15(10-13)19(27)28/h1-12,25-26,29-36H,(H,27,28). The first-order chi connectivity index (χ1) is 16.6. The van der Waals surface area contributed by atoms with E-state index >= 15 is 0 Å². The van der Waals surface area contributed by atoms with Gasteiger partial charge in [0.15, 0.2) is 0 Å². The van der Waals surface area contributed by atoms with Crippen LogP contribution in [0.1, 0.15) is 15.9 Å². The fraction of sp³-hybridized carbons (Fsp3) is 0.174. The van der Waals surface area contributed by atoms with Crippen LogP contribution in [-0.2, 0) is 5.79 Å². The summed E-state index contributed by atoms with van der Waals surface area (Å²) in [6.07, 6.45) is 0. The number of carboxylic acid groups (broad SMARTS) is 1. The Morgan fingerprint density at radius 2 is 1.28 bits per heavy atom. The van der Waals surface area contributed by atoms with Crippen molar-refractivity contribution in [2.45, 2.75) is 23.5 Å². The summed E-state index contributed by atoms with van der Waals surface area (Å²) in [6, 6.07) is 15.9. The summed E-state index contributed by atoms with van der Waals surface area (Å²) >= 11 is 5.75. The molecule has 0 bridgehead atoms. The first-order valence-corrected chi connectivity index (χ1v) is 10.5. The Labute approximate surface area is 208 Å². The number of nitrogens with one attached hydrogen (secondary N) is 2. The summed E-state index contributed by atoms with van der Waals surface area (Å²) in [4.78, 5) is 11.2. The second-order valence-corrected chi connectivity index (χ2v) is 8.35. The largest absolute Gasteiger partial charge is 0.478 e.